The predicted molar refractivity (Wildman–Crippen MR) is 66.5 cm³/mol. The molecule has 2 aromatic heterocycles. The van der Waals surface area contributed by atoms with Crippen LogP contribution >= 0.6 is 11.5 Å². The fourth-order valence-corrected chi connectivity index (χ4v) is 1.79. The van der Waals surface area contributed by atoms with Crippen LogP contribution in [0.5, 0.6) is 0 Å². The van der Waals surface area contributed by atoms with Gasteiger partial charge in [0.05, 0.1) is 0 Å². The van der Waals surface area contributed by atoms with Gasteiger partial charge in [0.1, 0.15) is 0 Å². The summed E-state index contributed by atoms with van der Waals surface area (Å²) in [4.78, 5) is 8.46. The number of hydrogen-bond acceptors (Lipinski definition) is 5. The first-order valence-corrected chi connectivity index (χ1v) is 6.01. The van der Waals surface area contributed by atoms with E-state index in [1.54, 1.807) is 12.4 Å². The van der Waals surface area contributed by atoms with Gasteiger partial charge in [-0.05, 0) is 18.1 Å². The first-order valence-electron chi connectivity index (χ1n) is 5.23. The molecular formula is C11H14N4S. The van der Waals surface area contributed by atoms with Crippen molar-refractivity contribution in [1.29, 1.82) is 0 Å². The van der Waals surface area contributed by atoms with Crippen molar-refractivity contribution in [2.24, 2.45) is 5.92 Å². The van der Waals surface area contributed by atoms with Gasteiger partial charge < -0.3 is 5.32 Å². The normalized spacial score (nSPS) is 10.7. The maximum absolute atomic E-state index is 4.41. The standard InChI is InChI=1S/C11H14N4S/c1-8(2)6-13-11-14-10(15-16-11)9-4-3-5-12-7-9/h3-5,7-8H,6H2,1-2H3,(H,13,14,15). The first kappa shape index (κ1) is 11.0. The molecular weight excluding hydrogens is 220 g/mol. The zero-order chi connectivity index (χ0) is 11.4. The number of aromatic nitrogens is 3. The van der Waals surface area contributed by atoms with E-state index in [1.807, 2.05) is 12.1 Å². The van der Waals surface area contributed by atoms with Crippen LogP contribution in [0.25, 0.3) is 11.4 Å². The van der Waals surface area contributed by atoms with E-state index >= 15 is 0 Å². The van der Waals surface area contributed by atoms with E-state index in [-0.39, 0.29) is 0 Å². The number of anilines is 1. The first-order chi connectivity index (χ1) is 7.75. The minimum Gasteiger partial charge on any atom is -0.360 e. The lowest BCUT2D eigenvalue weighted by atomic mass is 10.2. The molecule has 0 bridgehead atoms. The molecule has 0 saturated heterocycles. The molecule has 2 rings (SSSR count). The average molecular weight is 234 g/mol. The summed E-state index contributed by atoms with van der Waals surface area (Å²) in [5.74, 6) is 1.34. The topological polar surface area (TPSA) is 50.7 Å². The minimum atomic E-state index is 0.603. The summed E-state index contributed by atoms with van der Waals surface area (Å²) in [5, 5.41) is 4.13. The van der Waals surface area contributed by atoms with Crippen LogP contribution in [0.1, 0.15) is 13.8 Å². The molecule has 0 unspecified atom stereocenters. The molecule has 0 fully saturated rings. The SMILES string of the molecule is CC(C)CNc1nc(-c2cccnc2)ns1. The van der Waals surface area contributed by atoms with Gasteiger partial charge in [-0.3, -0.25) is 4.98 Å². The summed E-state index contributed by atoms with van der Waals surface area (Å²) >= 11 is 1.39. The van der Waals surface area contributed by atoms with E-state index in [0.717, 1.165) is 23.1 Å². The molecule has 16 heavy (non-hydrogen) atoms. The molecule has 0 spiro atoms. The van der Waals surface area contributed by atoms with Crippen molar-refractivity contribution in [1.82, 2.24) is 14.3 Å². The molecule has 84 valence electrons. The zero-order valence-electron chi connectivity index (χ0n) is 9.34. The average Bonchev–Trinajstić information content (AvgIpc) is 2.76. The van der Waals surface area contributed by atoms with Crippen LogP contribution in [0.15, 0.2) is 24.5 Å². The van der Waals surface area contributed by atoms with Crippen LogP contribution in [0.3, 0.4) is 0 Å². The predicted octanol–water partition coefficient (Wildman–Crippen LogP) is 2.67. The third-order valence-corrected chi connectivity index (χ3v) is 2.68. The van der Waals surface area contributed by atoms with E-state index < -0.39 is 0 Å². The lowest BCUT2D eigenvalue weighted by molar-refractivity contribution is 0.688. The van der Waals surface area contributed by atoms with Crippen LogP contribution in [0.2, 0.25) is 0 Å². The van der Waals surface area contributed by atoms with Crippen molar-refractivity contribution in [2.45, 2.75) is 13.8 Å². The van der Waals surface area contributed by atoms with Crippen molar-refractivity contribution in [3.63, 3.8) is 0 Å². The van der Waals surface area contributed by atoms with Gasteiger partial charge in [-0.25, -0.2) is 0 Å². The zero-order valence-corrected chi connectivity index (χ0v) is 10.2. The molecule has 0 radical (unpaired) electrons. The largest absolute Gasteiger partial charge is 0.360 e. The van der Waals surface area contributed by atoms with Gasteiger partial charge in [-0.2, -0.15) is 9.36 Å². The summed E-state index contributed by atoms with van der Waals surface area (Å²) < 4.78 is 4.29. The molecule has 5 heteroatoms. The van der Waals surface area contributed by atoms with Crippen molar-refractivity contribution < 1.29 is 0 Å². The Morgan fingerprint density at radius 3 is 3.00 bits per heavy atom. The van der Waals surface area contributed by atoms with Crippen molar-refractivity contribution in [3.8, 4) is 11.4 Å². The molecule has 0 amide bonds. The number of hydrogen-bond donors (Lipinski definition) is 1. The van der Waals surface area contributed by atoms with Crippen LogP contribution in [-0.4, -0.2) is 20.9 Å². The maximum Gasteiger partial charge on any atom is 0.202 e. The minimum absolute atomic E-state index is 0.603. The van der Waals surface area contributed by atoms with Gasteiger partial charge in [0.25, 0.3) is 0 Å². The Kier molecular flexibility index (Phi) is 3.46. The Labute approximate surface area is 98.9 Å². The third-order valence-electron chi connectivity index (χ3n) is 2.01. The third kappa shape index (κ3) is 2.76. The lowest BCUT2D eigenvalue weighted by Gasteiger charge is -2.03. The molecule has 2 heterocycles. The maximum atomic E-state index is 4.41. The number of nitrogens with zero attached hydrogens (tertiary/aromatic N) is 3. The fourth-order valence-electron chi connectivity index (χ4n) is 1.20. The highest BCUT2D eigenvalue weighted by atomic mass is 32.1. The Morgan fingerprint density at radius 1 is 1.44 bits per heavy atom. The van der Waals surface area contributed by atoms with Crippen molar-refractivity contribution >= 4 is 16.7 Å². The molecule has 0 aliphatic rings. The van der Waals surface area contributed by atoms with Gasteiger partial charge in [0.15, 0.2) is 5.82 Å². The van der Waals surface area contributed by atoms with Gasteiger partial charge in [0, 0.05) is 36.0 Å². The lowest BCUT2D eigenvalue weighted by Crippen LogP contribution is -2.07. The van der Waals surface area contributed by atoms with Crippen LogP contribution in [0.4, 0.5) is 5.13 Å². The molecule has 0 atom stereocenters. The quantitative estimate of drug-likeness (QED) is 0.883. The smallest absolute Gasteiger partial charge is 0.202 e. The second-order valence-electron chi connectivity index (χ2n) is 3.94. The van der Waals surface area contributed by atoms with E-state index in [9.17, 15) is 0 Å². The summed E-state index contributed by atoms with van der Waals surface area (Å²) in [6.07, 6.45) is 3.52. The molecule has 0 aliphatic heterocycles. The molecule has 1 N–H and O–H groups in total. The molecule has 2 aromatic rings. The van der Waals surface area contributed by atoms with Crippen LogP contribution in [-0.2, 0) is 0 Å². The Hall–Kier alpha value is -1.49. The Bertz CT molecular complexity index is 438. The summed E-state index contributed by atoms with van der Waals surface area (Å²) in [6, 6.07) is 3.85. The summed E-state index contributed by atoms with van der Waals surface area (Å²) in [5.41, 5.74) is 0.955. The van der Waals surface area contributed by atoms with Crippen molar-refractivity contribution in [2.75, 3.05) is 11.9 Å². The van der Waals surface area contributed by atoms with Gasteiger partial charge in [-0.1, -0.05) is 13.8 Å². The molecule has 4 nitrogen and oxygen atoms in total. The van der Waals surface area contributed by atoms with E-state index in [0.29, 0.717) is 5.92 Å². The van der Waals surface area contributed by atoms with Gasteiger partial charge >= 0.3 is 0 Å². The molecule has 0 aromatic carbocycles. The number of rotatable bonds is 4. The van der Waals surface area contributed by atoms with E-state index in [1.165, 1.54) is 11.5 Å². The second kappa shape index (κ2) is 5.03. The van der Waals surface area contributed by atoms with E-state index in [4.69, 9.17) is 0 Å². The van der Waals surface area contributed by atoms with Crippen LogP contribution in [0, 0.1) is 5.92 Å². The molecule has 0 saturated carbocycles. The number of nitrogens with one attached hydrogen (secondary N) is 1. The highest BCUT2D eigenvalue weighted by molar-refractivity contribution is 7.09. The van der Waals surface area contributed by atoms with E-state index in [2.05, 4.69) is 33.5 Å². The van der Waals surface area contributed by atoms with Gasteiger partial charge in [-0.15, -0.1) is 0 Å². The summed E-state index contributed by atoms with van der Waals surface area (Å²) in [7, 11) is 0. The monoisotopic (exact) mass is 234 g/mol. The Balaban J connectivity index is 2.08. The van der Waals surface area contributed by atoms with Gasteiger partial charge in [0.2, 0.25) is 5.13 Å². The fraction of sp³-hybridized carbons (Fsp3) is 0.364. The molecule has 0 aliphatic carbocycles. The van der Waals surface area contributed by atoms with Crippen LogP contribution < -0.4 is 5.32 Å². The number of pyridine rings is 1. The second-order valence-corrected chi connectivity index (χ2v) is 4.69. The summed E-state index contributed by atoms with van der Waals surface area (Å²) in [6.45, 7) is 5.24. The van der Waals surface area contributed by atoms with Crippen molar-refractivity contribution in [3.05, 3.63) is 24.5 Å². The highest BCUT2D eigenvalue weighted by Crippen LogP contribution is 2.19. The Morgan fingerprint density at radius 2 is 2.31 bits per heavy atom. The highest BCUT2D eigenvalue weighted by Gasteiger charge is 2.06.